The van der Waals surface area contributed by atoms with Gasteiger partial charge in [0.05, 0.1) is 11.8 Å². The Kier molecular flexibility index (Phi) is 3.92. The lowest BCUT2D eigenvalue weighted by Crippen LogP contribution is -2.03. The molecule has 0 saturated carbocycles. The van der Waals surface area contributed by atoms with Crippen molar-refractivity contribution in [1.29, 1.82) is 0 Å². The van der Waals surface area contributed by atoms with Gasteiger partial charge in [-0.05, 0) is 40.8 Å². The lowest BCUT2D eigenvalue weighted by atomic mass is 9.99. The van der Waals surface area contributed by atoms with Gasteiger partial charge in [0.2, 0.25) is 5.91 Å². The third kappa shape index (κ3) is 2.78. The number of nitrogens with one attached hydrogen (secondary N) is 1. The summed E-state index contributed by atoms with van der Waals surface area (Å²) in [5.41, 5.74) is 4.87. The van der Waals surface area contributed by atoms with Crippen molar-refractivity contribution in [2.24, 2.45) is 0 Å². The van der Waals surface area contributed by atoms with E-state index in [2.05, 4.69) is 24.4 Å². The number of carbonyl (C=O) groups is 1. The highest BCUT2D eigenvalue weighted by atomic mass is 35.5. The first-order valence-corrected chi connectivity index (χ1v) is 7.75. The van der Waals surface area contributed by atoms with Crippen LogP contribution in [0.3, 0.4) is 0 Å². The molecular formula is C17H15Cl2NO. The summed E-state index contributed by atoms with van der Waals surface area (Å²) >= 11 is 12.9. The minimum Gasteiger partial charge on any atom is -0.325 e. The molecular weight excluding hydrogens is 305 g/mol. The van der Waals surface area contributed by atoms with Gasteiger partial charge in [-0.1, -0.05) is 42.8 Å². The van der Waals surface area contributed by atoms with Crippen LogP contribution in [-0.4, -0.2) is 5.91 Å². The largest absolute Gasteiger partial charge is 0.325 e. The highest BCUT2D eigenvalue weighted by Crippen LogP contribution is 2.38. The third-order valence-corrected chi connectivity index (χ3v) is 4.62. The molecule has 4 heteroatoms. The number of rotatable bonds is 3. The van der Waals surface area contributed by atoms with E-state index in [9.17, 15) is 4.79 Å². The quantitative estimate of drug-likeness (QED) is 0.814. The normalized spacial score (nSPS) is 14.7. The van der Waals surface area contributed by atoms with Crippen LogP contribution in [0.2, 0.25) is 5.02 Å². The molecule has 0 spiro atoms. The first-order chi connectivity index (χ1) is 10.1. The van der Waals surface area contributed by atoms with Crippen LogP contribution in [0.25, 0.3) is 0 Å². The molecule has 1 amide bonds. The van der Waals surface area contributed by atoms with E-state index in [-0.39, 0.29) is 11.3 Å². The van der Waals surface area contributed by atoms with Gasteiger partial charge >= 0.3 is 0 Å². The molecule has 0 bridgehead atoms. The van der Waals surface area contributed by atoms with E-state index < -0.39 is 0 Å². The van der Waals surface area contributed by atoms with Crippen LogP contribution < -0.4 is 5.32 Å². The monoisotopic (exact) mass is 319 g/mol. The molecule has 2 aromatic carbocycles. The molecule has 1 aliphatic heterocycles. The van der Waals surface area contributed by atoms with Gasteiger partial charge in [-0.2, -0.15) is 0 Å². The van der Waals surface area contributed by atoms with Crippen LogP contribution in [-0.2, 0) is 17.6 Å². The van der Waals surface area contributed by atoms with E-state index in [0.717, 1.165) is 28.8 Å². The molecule has 2 aromatic rings. The first-order valence-electron chi connectivity index (χ1n) is 6.93. The highest BCUT2D eigenvalue weighted by molar-refractivity contribution is 6.33. The van der Waals surface area contributed by atoms with Crippen molar-refractivity contribution in [2.75, 3.05) is 5.32 Å². The van der Waals surface area contributed by atoms with Crippen molar-refractivity contribution >= 4 is 34.8 Å². The third-order valence-electron chi connectivity index (χ3n) is 3.80. The maximum absolute atomic E-state index is 11.4. The maximum Gasteiger partial charge on any atom is 0.228 e. The van der Waals surface area contributed by atoms with E-state index in [1.807, 2.05) is 18.2 Å². The fourth-order valence-corrected chi connectivity index (χ4v) is 3.22. The van der Waals surface area contributed by atoms with Crippen molar-refractivity contribution in [3.05, 3.63) is 63.7 Å². The minimum atomic E-state index is -0.315. The van der Waals surface area contributed by atoms with Gasteiger partial charge < -0.3 is 5.32 Å². The molecule has 0 aliphatic carbocycles. The van der Waals surface area contributed by atoms with Crippen LogP contribution in [0.15, 0.2) is 36.4 Å². The summed E-state index contributed by atoms with van der Waals surface area (Å²) in [4.78, 5) is 11.4. The fourth-order valence-electron chi connectivity index (χ4n) is 2.56. The second kappa shape index (κ2) is 5.70. The summed E-state index contributed by atoms with van der Waals surface area (Å²) in [5.74, 6) is -0.00311. The molecule has 3 rings (SSSR count). The van der Waals surface area contributed by atoms with Gasteiger partial charge in [0.1, 0.15) is 0 Å². The molecule has 1 N–H and O–H groups in total. The van der Waals surface area contributed by atoms with Crippen LogP contribution in [0.4, 0.5) is 5.69 Å². The molecule has 1 atom stereocenters. The lowest BCUT2D eigenvalue weighted by molar-refractivity contribution is -0.115. The molecule has 1 unspecified atom stereocenters. The zero-order chi connectivity index (χ0) is 15.0. The summed E-state index contributed by atoms with van der Waals surface area (Å²) in [7, 11) is 0. The summed E-state index contributed by atoms with van der Waals surface area (Å²) < 4.78 is 0. The van der Waals surface area contributed by atoms with Crippen molar-refractivity contribution in [1.82, 2.24) is 0 Å². The van der Waals surface area contributed by atoms with Crippen molar-refractivity contribution in [3.63, 3.8) is 0 Å². The van der Waals surface area contributed by atoms with Gasteiger partial charge in [0, 0.05) is 10.7 Å². The number of fused-ring (bicyclic) bond motifs is 1. The van der Waals surface area contributed by atoms with Crippen LogP contribution in [0.5, 0.6) is 0 Å². The molecule has 1 aliphatic rings. The van der Waals surface area contributed by atoms with E-state index in [4.69, 9.17) is 23.2 Å². The van der Waals surface area contributed by atoms with Crippen LogP contribution >= 0.6 is 23.2 Å². The maximum atomic E-state index is 11.4. The van der Waals surface area contributed by atoms with E-state index in [1.54, 1.807) is 6.07 Å². The van der Waals surface area contributed by atoms with Crippen molar-refractivity contribution in [3.8, 4) is 0 Å². The summed E-state index contributed by atoms with van der Waals surface area (Å²) in [6.45, 7) is 2.12. The Morgan fingerprint density at radius 2 is 1.95 bits per heavy atom. The number of benzene rings is 2. The van der Waals surface area contributed by atoms with Crippen molar-refractivity contribution in [2.45, 2.75) is 25.1 Å². The fraction of sp³-hybridized carbons (Fsp3) is 0.235. The Hall–Kier alpha value is -1.51. The number of amides is 1. The number of anilines is 1. The molecule has 0 fully saturated rings. The van der Waals surface area contributed by atoms with Crippen molar-refractivity contribution < 1.29 is 4.79 Å². The number of hydrogen-bond acceptors (Lipinski definition) is 1. The molecule has 0 radical (unpaired) electrons. The number of hydrogen-bond donors (Lipinski definition) is 1. The molecule has 2 nitrogen and oxygen atoms in total. The SMILES string of the molecule is CCc1ccc(C(Cl)c2cc3c(cc2Cl)NC(=O)C3)cc1. The number of carbonyl (C=O) groups excluding carboxylic acids is 1. The standard InChI is InChI=1S/C17H15Cl2NO/c1-2-10-3-5-11(6-4-10)17(19)13-7-12-8-16(21)20-15(12)9-14(13)18/h3-7,9,17H,2,8H2,1H3,(H,20,21). The Balaban J connectivity index is 1.96. The van der Waals surface area contributed by atoms with Crippen LogP contribution in [0.1, 0.15) is 34.6 Å². The minimum absolute atomic E-state index is 0.00311. The van der Waals surface area contributed by atoms with Gasteiger partial charge in [0.25, 0.3) is 0 Å². The second-order valence-corrected chi connectivity index (χ2v) is 6.06. The molecule has 108 valence electrons. The predicted molar refractivity (Wildman–Crippen MR) is 87.3 cm³/mol. The van der Waals surface area contributed by atoms with Gasteiger partial charge in [-0.15, -0.1) is 11.6 Å². The van der Waals surface area contributed by atoms with Gasteiger partial charge in [-0.25, -0.2) is 0 Å². The molecule has 0 aromatic heterocycles. The average molecular weight is 320 g/mol. The predicted octanol–water partition coefficient (Wildman–Crippen LogP) is 4.73. The zero-order valence-electron chi connectivity index (χ0n) is 11.6. The molecule has 21 heavy (non-hydrogen) atoms. The topological polar surface area (TPSA) is 29.1 Å². The van der Waals surface area contributed by atoms with Crippen LogP contribution in [0, 0.1) is 0 Å². The second-order valence-electron chi connectivity index (χ2n) is 5.21. The average Bonchev–Trinajstić information content (AvgIpc) is 2.85. The van der Waals surface area contributed by atoms with Gasteiger partial charge in [-0.3, -0.25) is 4.79 Å². The first kappa shape index (κ1) is 14.4. The summed E-state index contributed by atoms with van der Waals surface area (Å²) in [6.07, 6.45) is 1.39. The number of alkyl halides is 1. The Labute approximate surface area is 134 Å². The summed E-state index contributed by atoms with van der Waals surface area (Å²) in [6, 6.07) is 11.9. The Bertz CT molecular complexity index is 695. The van der Waals surface area contributed by atoms with E-state index >= 15 is 0 Å². The number of aryl methyl sites for hydroxylation is 1. The van der Waals surface area contributed by atoms with E-state index in [1.165, 1.54) is 5.56 Å². The highest BCUT2D eigenvalue weighted by Gasteiger charge is 2.22. The van der Waals surface area contributed by atoms with Gasteiger partial charge in [0.15, 0.2) is 0 Å². The Morgan fingerprint density at radius 3 is 2.62 bits per heavy atom. The van der Waals surface area contributed by atoms with E-state index in [0.29, 0.717) is 11.4 Å². The lowest BCUT2D eigenvalue weighted by Gasteiger charge is -2.14. The Morgan fingerprint density at radius 1 is 1.24 bits per heavy atom. The zero-order valence-corrected chi connectivity index (χ0v) is 13.1. The smallest absolute Gasteiger partial charge is 0.228 e. The summed E-state index contributed by atoms with van der Waals surface area (Å²) in [5, 5.41) is 3.06. The molecule has 1 heterocycles. The number of halogens is 2. The molecule has 0 saturated heterocycles.